The standard InChI is InChI=1S/C27H44O5/c1-16(6-9-24(30)31-5)20-7-8-21-25-22(11-13-27(20,21)4)26(3)12-10-19(29)14-18(26)15-23(25)32-17(2)28/h16,18-23,25,29H,6-15H2,1-5H3. The van der Waals surface area contributed by atoms with E-state index < -0.39 is 0 Å². The van der Waals surface area contributed by atoms with Crippen LogP contribution in [0.2, 0.25) is 0 Å². The van der Waals surface area contributed by atoms with Crippen LogP contribution in [0, 0.1) is 46.3 Å². The van der Waals surface area contributed by atoms with E-state index in [0.717, 1.165) is 32.1 Å². The van der Waals surface area contributed by atoms with Gasteiger partial charge in [-0.05, 0) is 98.2 Å². The SMILES string of the molecule is COC(=O)CCC(C)C1CCC2C3C(OC(C)=O)CC4CC(O)CCC4(C)C3CCC12C. The quantitative estimate of drug-likeness (QED) is 0.590. The van der Waals surface area contributed by atoms with Crippen molar-refractivity contribution in [2.24, 2.45) is 46.3 Å². The summed E-state index contributed by atoms with van der Waals surface area (Å²) in [5.41, 5.74) is 0.489. The largest absolute Gasteiger partial charge is 0.469 e. The van der Waals surface area contributed by atoms with Crippen LogP contribution >= 0.6 is 0 Å². The third-order valence-electron chi connectivity index (χ3n) is 10.7. The van der Waals surface area contributed by atoms with Crippen molar-refractivity contribution in [3.8, 4) is 0 Å². The highest BCUT2D eigenvalue weighted by Crippen LogP contribution is 2.68. The summed E-state index contributed by atoms with van der Waals surface area (Å²) in [6.45, 7) is 8.83. The molecule has 5 heteroatoms. The average molecular weight is 449 g/mol. The molecule has 182 valence electrons. The number of aliphatic hydroxyl groups is 1. The van der Waals surface area contributed by atoms with Crippen molar-refractivity contribution in [3.63, 3.8) is 0 Å². The Morgan fingerprint density at radius 3 is 2.41 bits per heavy atom. The summed E-state index contributed by atoms with van der Waals surface area (Å²) >= 11 is 0. The van der Waals surface area contributed by atoms with Gasteiger partial charge in [0.2, 0.25) is 0 Å². The van der Waals surface area contributed by atoms with E-state index in [1.807, 2.05) is 0 Å². The summed E-state index contributed by atoms with van der Waals surface area (Å²) in [6, 6.07) is 0. The maximum atomic E-state index is 12.1. The van der Waals surface area contributed by atoms with Gasteiger partial charge in [0.05, 0.1) is 13.2 Å². The molecule has 10 atom stereocenters. The van der Waals surface area contributed by atoms with Gasteiger partial charge in [0.25, 0.3) is 0 Å². The van der Waals surface area contributed by atoms with E-state index >= 15 is 0 Å². The molecule has 10 unspecified atom stereocenters. The van der Waals surface area contributed by atoms with Crippen molar-refractivity contribution in [1.82, 2.24) is 0 Å². The van der Waals surface area contributed by atoms with Crippen molar-refractivity contribution < 1.29 is 24.2 Å². The van der Waals surface area contributed by atoms with E-state index in [-0.39, 0.29) is 35.0 Å². The van der Waals surface area contributed by atoms with Gasteiger partial charge in [-0.15, -0.1) is 0 Å². The van der Waals surface area contributed by atoms with Crippen molar-refractivity contribution >= 4 is 11.9 Å². The highest BCUT2D eigenvalue weighted by Gasteiger charge is 2.63. The van der Waals surface area contributed by atoms with Crippen molar-refractivity contribution in [2.45, 2.75) is 104 Å². The van der Waals surface area contributed by atoms with Crippen LogP contribution in [0.15, 0.2) is 0 Å². The smallest absolute Gasteiger partial charge is 0.305 e. The number of rotatable bonds is 5. The number of fused-ring (bicyclic) bond motifs is 5. The van der Waals surface area contributed by atoms with E-state index in [4.69, 9.17) is 9.47 Å². The zero-order chi connectivity index (χ0) is 23.3. The minimum atomic E-state index is -0.206. The van der Waals surface area contributed by atoms with Crippen molar-refractivity contribution in [1.29, 1.82) is 0 Å². The van der Waals surface area contributed by atoms with Crippen LogP contribution in [0.4, 0.5) is 0 Å². The van der Waals surface area contributed by atoms with E-state index in [1.165, 1.54) is 32.8 Å². The second-order valence-electron chi connectivity index (χ2n) is 12.1. The lowest BCUT2D eigenvalue weighted by Gasteiger charge is -2.62. The minimum absolute atomic E-state index is 0.0189. The normalized spacial score (nSPS) is 46.4. The molecule has 4 saturated carbocycles. The van der Waals surface area contributed by atoms with Crippen LogP contribution in [0.3, 0.4) is 0 Å². The minimum Gasteiger partial charge on any atom is -0.469 e. The van der Waals surface area contributed by atoms with Crippen LogP contribution in [0.25, 0.3) is 0 Å². The summed E-state index contributed by atoms with van der Waals surface area (Å²) < 4.78 is 10.9. The molecule has 0 aromatic carbocycles. The molecule has 0 heterocycles. The number of methoxy groups -OCH3 is 1. The van der Waals surface area contributed by atoms with Crippen LogP contribution in [0.5, 0.6) is 0 Å². The maximum Gasteiger partial charge on any atom is 0.305 e. The number of hydrogen-bond acceptors (Lipinski definition) is 5. The lowest BCUT2D eigenvalue weighted by Crippen LogP contribution is -2.59. The van der Waals surface area contributed by atoms with Crippen LogP contribution in [0.1, 0.15) is 91.9 Å². The number of ether oxygens (including phenoxy) is 2. The first kappa shape index (κ1) is 24.0. The van der Waals surface area contributed by atoms with Gasteiger partial charge < -0.3 is 14.6 Å². The summed E-state index contributed by atoms with van der Waals surface area (Å²) in [5.74, 6) is 2.83. The molecule has 0 radical (unpaired) electrons. The second kappa shape index (κ2) is 8.92. The van der Waals surface area contributed by atoms with E-state index in [9.17, 15) is 14.7 Å². The van der Waals surface area contributed by atoms with Crippen LogP contribution < -0.4 is 0 Å². The van der Waals surface area contributed by atoms with Gasteiger partial charge in [-0.3, -0.25) is 9.59 Å². The Morgan fingerprint density at radius 1 is 1.03 bits per heavy atom. The lowest BCUT2D eigenvalue weighted by molar-refractivity contribution is -0.194. The molecule has 4 aliphatic carbocycles. The molecule has 4 aliphatic rings. The first-order valence-electron chi connectivity index (χ1n) is 13.0. The number of esters is 2. The number of carbonyl (C=O) groups is 2. The molecular formula is C27H44O5. The first-order chi connectivity index (χ1) is 15.1. The predicted molar refractivity (Wildman–Crippen MR) is 123 cm³/mol. The Labute approximate surface area is 194 Å². The second-order valence-corrected chi connectivity index (χ2v) is 12.1. The molecule has 0 aromatic heterocycles. The van der Waals surface area contributed by atoms with E-state index in [0.29, 0.717) is 41.9 Å². The van der Waals surface area contributed by atoms with Crippen molar-refractivity contribution in [2.75, 3.05) is 7.11 Å². The molecule has 0 aromatic rings. The Bertz CT molecular complexity index is 721. The number of carbonyl (C=O) groups excluding carboxylic acids is 2. The lowest BCUT2D eigenvalue weighted by atomic mass is 9.43. The summed E-state index contributed by atoms with van der Waals surface area (Å²) in [7, 11) is 1.47. The third-order valence-corrected chi connectivity index (χ3v) is 10.7. The molecule has 32 heavy (non-hydrogen) atoms. The average Bonchev–Trinajstić information content (AvgIpc) is 3.09. The fourth-order valence-corrected chi connectivity index (χ4v) is 9.13. The van der Waals surface area contributed by atoms with Gasteiger partial charge in [-0.25, -0.2) is 0 Å². The Kier molecular flexibility index (Phi) is 6.70. The van der Waals surface area contributed by atoms with Gasteiger partial charge in [0.1, 0.15) is 6.10 Å². The molecule has 5 nitrogen and oxygen atoms in total. The topological polar surface area (TPSA) is 72.8 Å². The summed E-state index contributed by atoms with van der Waals surface area (Å²) in [6.07, 6.45) is 9.75. The van der Waals surface area contributed by atoms with Gasteiger partial charge in [-0.2, -0.15) is 0 Å². The zero-order valence-corrected chi connectivity index (χ0v) is 20.8. The Hall–Kier alpha value is -1.10. The Morgan fingerprint density at radius 2 is 1.72 bits per heavy atom. The third kappa shape index (κ3) is 4.01. The number of hydrogen-bond donors (Lipinski definition) is 1. The van der Waals surface area contributed by atoms with Gasteiger partial charge in [-0.1, -0.05) is 20.8 Å². The number of aliphatic hydroxyl groups excluding tert-OH is 1. The molecule has 4 rings (SSSR count). The molecular weight excluding hydrogens is 404 g/mol. The highest BCUT2D eigenvalue weighted by atomic mass is 16.5. The summed E-state index contributed by atoms with van der Waals surface area (Å²) in [4.78, 5) is 23.8. The van der Waals surface area contributed by atoms with E-state index in [2.05, 4.69) is 20.8 Å². The summed E-state index contributed by atoms with van der Waals surface area (Å²) in [5, 5.41) is 10.4. The highest BCUT2D eigenvalue weighted by molar-refractivity contribution is 5.69. The first-order valence-corrected chi connectivity index (χ1v) is 13.0. The van der Waals surface area contributed by atoms with E-state index in [1.54, 1.807) is 6.92 Å². The molecule has 1 N–H and O–H groups in total. The Balaban J connectivity index is 1.59. The van der Waals surface area contributed by atoms with Crippen LogP contribution in [-0.4, -0.2) is 36.4 Å². The fourth-order valence-electron chi connectivity index (χ4n) is 9.13. The van der Waals surface area contributed by atoms with Crippen molar-refractivity contribution in [3.05, 3.63) is 0 Å². The van der Waals surface area contributed by atoms with Crippen LogP contribution in [-0.2, 0) is 19.1 Å². The molecule has 0 bridgehead atoms. The van der Waals surface area contributed by atoms with Gasteiger partial charge >= 0.3 is 11.9 Å². The molecule has 0 spiro atoms. The van der Waals surface area contributed by atoms with Gasteiger partial charge in [0, 0.05) is 19.3 Å². The molecule has 0 saturated heterocycles. The fraction of sp³-hybridized carbons (Fsp3) is 0.926. The maximum absolute atomic E-state index is 12.1. The van der Waals surface area contributed by atoms with Gasteiger partial charge in [0.15, 0.2) is 0 Å². The monoisotopic (exact) mass is 448 g/mol. The molecule has 0 aliphatic heterocycles. The molecule has 4 fully saturated rings. The predicted octanol–water partition coefficient (Wildman–Crippen LogP) is 5.14. The molecule has 0 amide bonds. The zero-order valence-electron chi connectivity index (χ0n) is 20.8.